The summed E-state index contributed by atoms with van der Waals surface area (Å²) >= 11 is 0. The molecule has 0 saturated carbocycles. The van der Waals surface area contributed by atoms with Gasteiger partial charge in [0.1, 0.15) is 19.0 Å². The van der Waals surface area contributed by atoms with Gasteiger partial charge < -0.3 is 0 Å². The van der Waals surface area contributed by atoms with E-state index in [9.17, 15) is 25.3 Å². The van der Waals surface area contributed by atoms with Gasteiger partial charge >= 0.3 is 3.91 Å². The number of aromatic nitrogens is 6. The summed E-state index contributed by atoms with van der Waals surface area (Å²) in [7, 11) is -14.8. The number of hydrogen-bond acceptors (Lipinski definition) is 9. The molecule has 134 valence electrons. The van der Waals surface area contributed by atoms with E-state index < -0.39 is 34.0 Å². The van der Waals surface area contributed by atoms with Gasteiger partial charge in [0.2, 0.25) is 0 Å². The Morgan fingerprint density at radius 3 is 1.04 bits per heavy atom. The molecular formula is C10H10N6O6S3. The number of hydrogen-bond donors (Lipinski definition) is 0. The summed E-state index contributed by atoms with van der Waals surface area (Å²) in [5, 5.41) is 0. The number of imidazole rings is 3. The van der Waals surface area contributed by atoms with Crippen LogP contribution in [0.2, 0.25) is 0 Å². The Labute approximate surface area is 142 Å². The lowest BCUT2D eigenvalue weighted by molar-refractivity contribution is 0.562. The van der Waals surface area contributed by atoms with Gasteiger partial charge in [0.05, 0.1) is 0 Å². The molecule has 0 fully saturated rings. The fourth-order valence-corrected chi connectivity index (χ4v) is 9.25. The van der Waals surface area contributed by atoms with E-state index in [1.54, 1.807) is 0 Å². The molecule has 15 heteroatoms. The first-order valence-electron chi connectivity index (χ1n) is 6.35. The smallest absolute Gasteiger partial charge is 0.244 e. The molecule has 3 aromatic heterocycles. The minimum Gasteiger partial charge on any atom is -0.244 e. The van der Waals surface area contributed by atoms with Crippen LogP contribution >= 0.6 is 0 Å². The van der Waals surface area contributed by atoms with Crippen molar-refractivity contribution in [1.82, 2.24) is 26.9 Å². The highest BCUT2D eigenvalue weighted by atomic mass is 32.3. The molecule has 3 aromatic rings. The second-order valence-electron chi connectivity index (χ2n) is 4.60. The molecule has 0 N–H and O–H groups in total. The highest BCUT2D eigenvalue weighted by Crippen LogP contribution is 2.23. The zero-order valence-electron chi connectivity index (χ0n) is 12.1. The van der Waals surface area contributed by atoms with E-state index in [0.29, 0.717) is 11.9 Å². The third-order valence-corrected chi connectivity index (χ3v) is 11.3. The van der Waals surface area contributed by atoms with Crippen LogP contribution in [0.15, 0.2) is 56.2 Å². The predicted octanol–water partition coefficient (Wildman–Crippen LogP) is -1.51. The molecule has 3 rings (SSSR count). The van der Waals surface area contributed by atoms with E-state index in [-0.39, 0.29) is 0 Å². The lowest BCUT2D eigenvalue weighted by Gasteiger charge is -2.19. The summed E-state index contributed by atoms with van der Waals surface area (Å²) in [6.45, 7) is 0. The topological polar surface area (TPSA) is 156 Å². The lowest BCUT2D eigenvalue weighted by Crippen LogP contribution is -2.45. The van der Waals surface area contributed by atoms with Crippen molar-refractivity contribution in [3.8, 4) is 0 Å². The van der Waals surface area contributed by atoms with Gasteiger partial charge in [0.25, 0.3) is 30.1 Å². The molecule has 0 radical (unpaired) electrons. The van der Waals surface area contributed by atoms with Gasteiger partial charge in [-0.05, 0) is 0 Å². The van der Waals surface area contributed by atoms with Crippen LogP contribution in [-0.2, 0) is 30.1 Å². The monoisotopic (exact) mass is 406 g/mol. The Kier molecular flexibility index (Phi) is 4.00. The van der Waals surface area contributed by atoms with Gasteiger partial charge in [-0.2, -0.15) is 0 Å². The van der Waals surface area contributed by atoms with E-state index in [4.69, 9.17) is 0 Å². The summed E-state index contributed by atoms with van der Waals surface area (Å²) in [6, 6.07) is 0. The number of rotatable bonds is 6. The molecule has 0 aliphatic carbocycles. The van der Waals surface area contributed by atoms with Gasteiger partial charge in [-0.15, -0.1) is 0 Å². The zero-order valence-corrected chi connectivity index (χ0v) is 14.6. The molecule has 0 aromatic carbocycles. The van der Waals surface area contributed by atoms with Crippen LogP contribution in [-0.4, -0.2) is 56.0 Å². The standard InChI is InChI=1S/C10H10N6O6S3/c17-23(18,14-4-1-11-7-14)10(24(19,20)15-5-2-12-8-15)25(21,22)16-6-3-13-9-16/h1-10H. The Morgan fingerprint density at radius 2 is 0.840 bits per heavy atom. The van der Waals surface area contributed by atoms with Crippen molar-refractivity contribution >= 4 is 30.1 Å². The molecule has 12 nitrogen and oxygen atoms in total. The molecule has 3 heterocycles. The third-order valence-electron chi connectivity index (χ3n) is 3.05. The van der Waals surface area contributed by atoms with E-state index in [2.05, 4.69) is 15.0 Å². The fourth-order valence-electron chi connectivity index (χ4n) is 1.95. The van der Waals surface area contributed by atoms with Crippen molar-refractivity contribution in [1.29, 1.82) is 0 Å². The van der Waals surface area contributed by atoms with Crippen LogP contribution in [0.1, 0.15) is 0 Å². The molecule has 0 aliphatic heterocycles. The molecule has 0 atom stereocenters. The zero-order chi connectivity index (χ0) is 18.3. The summed E-state index contributed by atoms with van der Waals surface area (Å²) < 4.78 is 75.0. The first-order chi connectivity index (χ1) is 11.7. The van der Waals surface area contributed by atoms with Crippen molar-refractivity contribution in [3.63, 3.8) is 0 Å². The van der Waals surface area contributed by atoms with Gasteiger partial charge in [0, 0.05) is 37.2 Å². The first kappa shape index (κ1) is 17.3. The molecular weight excluding hydrogens is 396 g/mol. The molecule has 0 unspecified atom stereocenters. The fraction of sp³-hybridized carbons (Fsp3) is 0.100. The molecule has 0 bridgehead atoms. The second kappa shape index (κ2) is 5.78. The normalized spacial score (nSPS) is 13.3. The number of nitrogens with zero attached hydrogens (tertiary/aromatic N) is 6. The largest absolute Gasteiger partial charge is 0.319 e. The van der Waals surface area contributed by atoms with Crippen molar-refractivity contribution in [2.45, 2.75) is 3.91 Å². The van der Waals surface area contributed by atoms with Crippen LogP contribution in [0.25, 0.3) is 0 Å². The molecule has 0 amide bonds. The molecule has 0 spiro atoms. The van der Waals surface area contributed by atoms with Crippen molar-refractivity contribution in [3.05, 3.63) is 56.2 Å². The summed E-state index contributed by atoms with van der Waals surface area (Å²) in [5.74, 6) is 0. The highest BCUT2D eigenvalue weighted by molar-refractivity contribution is 8.22. The Hall–Kier alpha value is -2.52. The van der Waals surface area contributed by atoms with Crippen molar-refractivity contribution in [2.75, 3.05) is 0 Å². The van der Waals surface area contributed by atoms with Crippen molar-refractivity contribution in [2.24, 2.45) is 0 Å². The molecule has 0 saturated heterocycles. The van der Waals surface area contributed by atoms with E-state index >= 15 is 0 Å². The van der Waals surface area contributed by atoms with Gasteiger partial charge in [-0.1, -0.05) is 0 Å². The Morgan fingerprint density at radius 1 is 0.560 bits per heavy atom. The lowest BCUT2D eigenvalue weighted by atomic mass is 11.0. The van der Waals surface area contributed by atoms with Crippen LogP contribution < -0.4 is 0 Å². The molecule has 0 aliphatic rings. The van der Waals surface area contributed by atoms with Crippen LogP contribution in [0, 0.1) is 0 Å². The van der Waals surface area contributed by atoms with E-state index in [1.165, 1.54) is 0 Å². The van der Waals surface area contributed by atoms with Crippen LogP contribution in [0.5, 0.6) is 0 Å². The maximum Gasteiger partial charge on any atom is 0.319 e. The minimum absolute atomic E-state index is 0.417. The average molecular weight is 406 g/mol. The van der Waals surface area contributed by atoms with E-state index in [1.807, 2.05) is 0 Å². The van der Waals surface area contributed by atoms with Gasteiger partial charge in [-0.25, -0.2) is 52.1 Å². The first-order valence-corrected chi connectivity index (χ1v) is 10.9. The predicted molar refractivity (Wildman–Crippen MR) is 83.4 cm³/mol. The van der Waals surface area contributed by atoms with Gasteiger partial charge in [0.15, 0.2) is 0 Å². The van der Waals surface area contributed by atoms with Crippen LogP contribution in [0.4, 0.5) is 0 Å². The third kappa shape index (κ3) is 2.75. The van der Waals surface area contributed by atoms with Gasteiger partial charge in [-0.3, -0.25) is 0 Å². The second-order valence-corrected chi connectivity index (χ2v) is 11.3. The maximum atomic E-state index is 12.8. The van der Waals surface area contributed by atoms with Crippen LogP contribution in [0.3, 0.4) is 0 Å². The SMILES string of the molecule is O=S(=O)(C(S(=O)(=O)n1ccnc1)S(=O)(=O)n1ccnc1)n1ccnc1. The minimum atomic E-state index is -4.94. The average Bonchev–Trinajstić information content (AvgIpc) is 3.27. The quantitative estimate of drug-likeness (QED) is 0.475. The summed E-state index contributed by atoms with van der Waals surface area (Å²) in [5.41, 5.74) is 0. The van der Waals surface area contributed by atoms with Crippen molar-refractivity contribution < 1.29 is 25.3 Å². The summed E-state index contributed by atoms with van der Waals surface area (Å²) in [6.07, 6.45) is 8.35. The molecule has 25 heavy (non-hydrogen) atoms. The van der Waals surface area contributed by atoms with E-state index in [0.717, 1.165) is 56.2 Å². The Bertz CT molecular complexity index is 1010. The highest BCUT2D eigenvalue weighted by Gasteiger charge is 2.51. The Balaban J connectivity index is 2.31. The summed E-state index contributed by atoms with van der Waals surface area (Å²) in [4.78, 5) is 10.5. The maximum absolute atomic E-state index is 12.8.